The van der Waals surface area contributed by atoms with E-state index in [4.69, 9.17) is 5.26 Å². The highest BCUT2D eigenvalue weighted by atomic mass is 32.2. The van der Waals surface area contributed by atoms with Gasteiger partial charge in [0.2, 0.25) is 0 Å². The van der Waals surface area contributed by atoms with Crippen molar-refractivity contribution in [2.45, 2.75) is 11.8 Å². The Kier molecular flexibility index (Phi) is 3.84. The molecule has 0 aliphatic rings. The zero-order valence-electron chi connectivity index (χ0n) is 7.17. The van der Waals surface area contributed by atoms with E-state index < -0.39 is 4.92 Å². The van der Waals surface area contributed by atoms with E-state index >= 15 is 0 Å². The number of hydrogen-bond donors (Lipinski definition) is 1. The predicted octanol–water partition coefficient (Wildman–Crippen LogP) is 2.33. The third-order valence-electron chi connectivity index (χ3n) is 1.54. The average molecular weight is 217 g/mol. The summed E-state index contributed by atoms with van der Waals surface area (Å²) in [5.74, 6) is 0. The molecule has 1 rings (SSSR count). The molecule has 1 aromatic rings. The van der Waals surface area contributed by atoms with Gasteiger partial charge >= 0.3 is 0 Å². The van der Waals surface area contributed by atoms with Gasteiger partial charge in [0.25, 0.3) is 5.69 Å². The molecule has 0 aromatic heterocycles. The van der Waals surface area contributed by atoms with Crippen molar-refractivity contribution >= 4 is 17.7 Å². The lowest BCUT2D eigenvalue weighted by atomic mass is 10.2. The molecule has 0 aliphatic heterocycles. The van der Waals surface area contributed by atoms with Gasteiger partial charge in [-0.05, 0) is 12.5 Å². The zero-order chi connectivity index (χ0) is 10.6. The highest BCUT2D eigenvalue weighted by Gasteiger charge is 2.09. The van der Waals surface area contributed by atoms with Crippen molar-refractivity contribution in [2.24, 2.45) is 0 Å². The van der Waals surface area contributed by atoms with Crippen LogP contribution in [0, 0.1) is 17.0 Å². The number of nitrogens with zero attached hydrogens (tertiary/aromatic N) is 1. The molecular weight excluding hydrogens is 210 g/mol. The van der Waals surface area contributed by atoms with Crippen LogP contribution in [0.1, 0.15) is 5.56 Å². The molecule has 0 radical (unpaired) electrons. The smallest absolute Gasteiger partial charge is 0.258 e. The zero-order valence-corrected chi connectivity index (χ0v) is 7.98. The maximum atomic E-state index is 10.4. The predicted molar refractivity (Wildman–Crippen MR) is 48.5 cm³/mol. The Hall–Kier alpha value is -1.15. The van der Waals surface area contributed by atoms with Gasteiger partial charge in [-0.2, -0.15) is 0 Å². The Morgan fingerprint density at radius 1 is 1.57 bits per heavy atom. The van der Waals surface area contributed by atoms with Gasteiger partial charge in [-0.25, -0.2) is 5.26 Å². The summed E-state index contributed by atoms with van der Waals surface area (Å²) in [6.45, 7) is 1.76. The molecule has 14 heavy (non-hydrogen) atoms. The molecule has 7 heteroatoms. The van der Waals surface area contributed by atoms with Crippen LogP contribution in [0.25, 0.3) is 0 Å². The third-order valence-corrected chi connectivity index (χ3v) is 2.29. The van der Waals surface area contributed by atoms with Crippen molar-refractivity contribution in [2.75, 3.05) is 0 Å². The molecule has 0 heterocycles. The lowest BCUT2D eigenvalue weighted by Crippen LogP contribution is -1.90. The summed E-state index contributed by atoms with van der Waals surface area (Å²) >= 11 is 0.702. The molecule has 0 atom stereocenters. The summed E-state index contributed by atoms with van der Waals surface area (Å²) < 4.78 is 4.18. The number of hydrogen-bond acceptors (Lipinski definition) is 6. The molecule has 0 unspecified atom stereocenters. The van der Waals surface area contributed by atoms with Gasteiger partial charge in [-0.15, -0.1) is 4.33 Å². The molecule has 0 saturated heterocycles. The highest BCUT2D eigenvalue weighted by Crippen LogP contribution is 2.27. The fourth-order valence-electron chi connectivity index (χ4n) is 0.844. The molecule has 0 fully saturated rings. The van der Waals surface area contributed by atoms with Crippen molar-refractivity contribution in [3.8, 4) is 0 Å². The summed E-state index contributed by atoms with van der Waals surface area (Å²) in [7, 11) is 0. The van der Waals surface area contributed by atoms with Crippen molar-refractivity contribution in [3.63, 3.8) is 0 Å². The molecule has 1 N–H and O–H groups in total. The van der Waals surface area contributed by atoms with Crippen LogP contribution in [0.3, 0.4) is 0 Å². The Labute approximate surface area is 83.7 Å². The molecule has 0 spiro atoms. The number of benzene rings is 1. The molecule has 0 bridgehead atoms. The van der Waals surface area contributed by atoms with E-state index in [1.54, 1.807) is 13.0 Å². The lowest BCUT2D eigenvalue weighted by Gasteiger charge is -2.01. The Morgan fingerprint density at radius 3 is 2.86 bits per heavy atom. The van der Waals surface area contributed by atoms with Gasteiger partial charge < -0.3 is 0 Å². The maximum absolute atomic E-state index is 10.4. The van der Waals surface area contributed by atoms with E-state index in [0.29, 0.717) is 16.9 Å². The lowest BCUT2D eigenvalue weighted by molar-refractivity contribution is -0.432. The summed E-state index contributed by atoms with van der Waals surface area (Å²) in [5.41, 5.74) is 0.747. The largest absolute Gasteiger partial charge is 0.270 e. The Bertz CT molecular complexity index is 343. The van der Waals surface area contributed by atoms with Crippen LogP contribution in [-0.2, 0) is 9.37 Å². The minimum absolute atomic E-state index is 0.0420. The van der Waals surface area contributed by atoms with E-state index in [0.717, 1.165) is 5.56 Å². The fourth-order valence-corrected chi connectivity index (χ4v) is 1.32. The molecule has 6 nitrogen and oxygen atoms in total. The number of nitro benzene ring substituents is 1. The molecule has 1 aromatic carbocycles. The van der Waals surface area contributed by atoms with Gasteiger partial charge in [-0.3, -0.25) is 10.1 Å². The van der Waals surface area contributed by atoms with Crippen LogP contribution in [0.2, 0.25) is 0 Å². The maximum Gasteiger partial charge on any atom is 0.270 e. The van der Waals surface area contributed by atoms with Crippen LogP contribution >= 0.6 is 12.0 Å². The van der Waals surface area contributed by atoms with Gasteiger partial charge in [0.15, 0.2) is 0 Å². The van der Waals surface area contributed by atoms with Crippen LogP contribution in [0.4, 0.5) is 5.69 Å². The number of non-ortho nitro benzene ring substituents is 1. The molecule has 0 aliphatic carbocycles. The van der Waals surface area contributed by atoms with E-state index in [9.17, 15) is 10.1 Å². The topological polar surface area (TPSA) is 81.8 Å². The molecule has 0 saturated carbocycles. The van der Waals surface area contributed by atoms with E-state index in [1.807, 2.05) is 0 Å². The van der Waals surface area contributed by atoms with Crippen molar-refractivity contribution in [1.82, 2.24) is 0 Å². The first-order valence-electron chi connectivity index (χ1n) is 3.55. The SMILES string of the molecule is Cc1ccc([N+](=O)[O-])cc1SOOO. The van der Waals surface area contributed by atoms with Crippen LogP contribution in [0.5, 0.6) is 0 Å². The number of nitro groups is 1. The average Bonchev–Trinajstić information content (AvgIpc) is 2.16. The van der Waals surface area contributed by atoms with Crippen LogP contribution < -0.4 is 0 Å². The summed E-state index contributed by atoms with van der Waals surface area (Å²) in [4.78, 5) is 10.4. The van der Waals surface area contributed by atoms with E-state index in [-0.39, 0.29) is 5.69 Å². The molecule has 76 valence electrons. The normalized spacial score (nSPS) is 10.1. The summed E-state index contributed by atoms with van der Waals surface area (Å²) in [6.07, 6.45) is 0. The fraction of sp³-hybridized carbons (Fsp3) is 0.143. The van der Waals surface area contributed by atoms with Gasteiger partial charge in [0.1, 0.15) is 0 Å². The molecular formula is C7H7NO5S. The minimum Gasteiger partial charge on any atom is -0.258 e. The van der Waals surface area contributed by atoms with Crippen molar-refractivity contribution in [1.29, 1.82) is 0 Å². The van der Waals surface area contributed by atoms with Crippen molar-refractivity contribution in [3.05, 3.63) is 33.9 Å². The van der Waals surface area contributed by atoms with Crippen LogP contribution in [-0.4, -0.2) is 10.2 Å². The van der Waals surface area contributed by atoms with Crippen molar-refractivity contribution < 1.29 is 19.6 Å². The first-order valence-corrected chi connectivity index (χ1v) is 4.29. The molecule has 0 amide bonds. The standard InChI is InChI=1S/C7H7NO5S/c1-5-2-3-6(8(9)10)4-7(5)14-13-12-11/h2-4,11H,1H3. The van der Waals surface area contributed by atoms with E-state index in [2.05, 4.69) is 9.37 Å². The van der Waals surface area contributed by atoms with Crippen LogP contribution in [0.15, 0.2) is 23.1 Å². The monoisotopic (exact) mass is 217 g/mol. The second-order valence-electron chi connectivity index (χ2n) is 2.43. The van der Waals surface area contributed by atoms with Gasteiger partial charge in [0, 0.05) is 17.0 Å². The summed E-state index contributed by atoms with van der Waals surface area (Å²) in [6, 6.07) is 4.30. The summed E-state index contributed by atoms with van der Waals surface area (Å²) in [5, 5.41) is 21.7. The first kappa shape index (κ1) is 10.9. The third kappa shape index (κ3) is 2.67. The highest BCUT2D eigenvalue weighted by molar-refractivity contribution is 7.94. The Morgan fingerprint density at radius 2 is 2.29 bits per heavy atom. The number of rotatable bonds is 4. The number of aryl methyl sites for hydroxylation is 1. The Balaban J connectivity index is 2.90. The second kappa shape index (κ2) is 4.91. The minimum atomic E-state index is -0.511. The van der Waals surface area contributed by atoms with Gasteiger partial charge in [-0.1, -0.05) is 11.1 Å². The quantitative estimate of drug-likeness (QED) is 0.360. The second-order valence-corrected chi connectivity index (χ2v) is 3.18. The first-order chi connectivity index (χ1) is 6.65. The van der Waals surface area contributed by atoms with E-state index in [1.165, 1.54) is 12.1 Å². The van der Waals surface area contributed by atoms with Gasteiger partial charge in [0.05, 0.1) is 17.0 Å².